The van der Waals surface area contributed by atoms with Crippen LogP contribution in [0.1, 0.15) is 69.4 Å². The normalized spacial score (nSPS) is 26.2. The summed E-state index contributed by atoms with van der Waals surface area (Å²) in [5.41, 5.74) is 1.96. The molecule has 5 rings (SSSR count). The minimum absolute atomic E-state index is 0.0966. The molecule has 2 aliphatic rings. The zero-order valence-corrected chi connectivity index (χ0v) is 21.8. The molecule has 1 aliphatic carbocycles. The van der Waals surface area contributed by atoms with Gasteiger partial charge in [-0.25, -0.2) is 0 Å². The Morgan fingerprint density at radius 2 is 1.97 bits per heavy atom. The van der Waals surface area contributed by atoms with Gasteiger partial charge in [0.2, 0.25) is 5.91 Å². The lowest BCUT2D eigenvalue weighted by Gasteiger charge is -2.45. The molecule has 7 heteroatoms. The van der Waals surface area contributed by atoms with Gasteiger partial charge in [-0.3, -0.25) is 9.59 Å². The Labute approximate surface area is 212 Å². The Morgan fingerprint density at radius 3 is 2.72 bits per heavy atom. The predicted molar refractivity (Wildman–Crippen MR) is 139 cm³/mol. The van der Waals surface area contributed by atoms with E-state index in [4.69, 9.17) is 9.15 Å². The molecule has 0 saturated heterocycles. The molecule has 7 nitrogen and oxygen atoms in total. The van der Waals surface area contributed by atoms with Crippen molar-refractivity contribution in [1.82, 2.24) is 14.8 Å². The minimum Gasteiger partial charge on any atom is -0.494 e. The lowest BCUT2D eigenvalue weighted by Crippen LogP contribution is -2.65. The molecule has 2 aromatic heterocycles. The highest BCUT2D eigenvalue weighted by Crippen LogP contribution is 2.35. The highest BCUT2D eigenvalue weighted by atomic mass is 16.5. The van der Waals surface area contributed by atoms with E-state index in [1.54, 1.807) is 17.2 Å². The molecule has 36 heavy (non-hydrogen) atoms. The number of nitrogens with zero attached hydrogens (tertiary/aromatic N) is 2. The molecule has 1 saturated carbocycles. The van der Waals surface area contributed by atoms with E-state index in [1.807, 2.05) is 41.8 Å². The molecule has 3 aromatic rings. The van der Waals surface area contributed by atoms with Gasteiger partial charge in [-0.1, -0.05) is 45.7 Å². The first-order valence-electron chi connectivity index (χ1n) is 13.2. The number of benzene rings is 1. The van der Waals surface area contributed by atoms with Crippen molar-refractivity contribution in [1.29, 1.82) is 0 Å². The maximum Gasteiger partial charge on any atom is 0.271 e. The van der Waals surface area contributed by atoms with Gasteiger partial charge in [0.25, 0.3) is 5.91 Å². The largest absolute Gasteiger partial charge is 0.494 e. The van der Waals surface area contributed by atoms with Gasteiger partial charge in [0.05, 0.1) is 24.9 Å². The summed E-state index contributed by atoms with van der Waals surface area (Å²) in [5.74, 6) is 1.51. The van der Waals surface area contributed by atoms with Crippen LogP contribution >= 0.6 is 0 Å². The molecule has 1 N–H and O–H groups in total. The summed E-state index contributed by atoms with van der Waals surface area (Å²) >= 11 is 0. The molecule has 0 radical (unpaired) electrons. The van der Waals surface area contributed by atoms with E-state index >= 15 is 0 Å². The van der Waals surface area contributed by atoms with Crippen LogP contribution in [0, 0.1) is 11.8 Å². The van der Waals surface area contributed by atoms with Crippen LogP contribution in [0.3, 0.4) is 0 Å². The van der Waals surface area contributed by atoms with Gasteiger partial charge in [0.1, 0.15) is 17.0 Å². The molecular formula is C29H37N3O4. The molecule has 4 atom stereocenters. The van der Waals surface area contributed by atoms with Gasteiger partial charge in [-0.2, -0.15) is 0 Å². The first-order valence-corrected chi connectivity index (χ1v) is 13.2. The van der Waals surface area contributed by atoms with E-state index in [0.717, 1.165) is 36.1 Å². The van der Waals surface area contributed by atoms with Crippen LogP contribution in [-0.2, 0) is 17.9 Å². The molecular weight excluding hydrogens is 454 g/mol. The lowest BCUT2D eigenvalue weighted by atomic mass is 9.77. The van der Waals surface area contributed by atoms with Crippen molar-refractivity contribution in [3.63, 3.8) is 0 Å². The Balaban J connectivity index is 1.47. The van der Waals surface area contributed by atoms with Crippen molar-refractivity contribution < 1.29 is 18.7 Å². The summed E-state index contributed by atoms with van der Waals surface area (Å²) in [5, 5.41) is 3.35. The van der Waals surface area contributed by atoms with E-state index in [0.29, 0.717) is 42.8 Å². The van der Waals surface area contributed by atoms with E-state index in [2.05, 4.69) is 26.1 Å². The molecule has 0 spiro atoms. The third-order valence-corrected chi connectivity index (χ3v) is 8.30. The van der Waals surface area contributed by atoms with Crippen LogP contribution in [0.2, 0.25) is 0 Å². The van der Waals surface area contributed by atoms with Crippen LogP contribution in [0.15, 0.2) is 47.1 Å². The monoisotopic (exact) mass is 491 g/mol. The molecule has 1 fully saturated rings. The number of ether oxygens (including phenoxy) is 1. The average molecular weight is 492 g/mol. The number of aromatic nitrogens is 1. The van der Waals surface area contributed by atoms with Gasteiger partial charge in [0.15, 0.2) is 5.58 Å². The first-order chi connectivity index (χ1) is 17.3. The van der Waals surface area contributed by atoms with Crippen molar-refractivity contribution in [2.24, 2.45) is 11.8 Å². The highest BCUT2D eigenvalue weighted by Gasteiger charge is 2.48. The molecule has 0 bridgehead atoms. The summed E-state index contributed by atoms with van der Waals surface area (Å²) in [4.78, 5) is 29.6. The molecule has 192 valence electrons. The third kappa shape index (κ3) is 4.29. The molecule has 2 amide bonds. The molecule has 1 aliphatic heterocycles. The van der Waals surface area contributed by atoms with E-state index in [1.165, 1.54) is 6.42 Å². The fraction of sp³-hybridized carbons (Fsp3) is 0.517. The van der Waals surface area contributed by atoms with Crippen LogP contribution in [0.25, 0.3) is 11.1 Å². The number of fused-ring (bicyclic) bond motifs is 3. The quantitative estimate of drug-likeness (QED) is 0.482. The maximum absolute atomic E-state index is 14.0. The number of amides is 2. The van der Waals surface area contributed by atoms with Gasteiger partial charge >= 0.3 is 0 Å². The minimum atomic E-state index is -1.05. The number of rotatable bonds is 7. The van der Waals surface area contributed by atoms with Gasteiger partial charge < -0.3 is 23.9 Å². The number of hydrogen-bond donors (Lipinski definition) is 1. The molecule has 3 heterocycles. The lowest BCUT2D eigenvalue weighted by molar-refractivity contribution is -0.134. The second-order valence-electron chi connectivity index (χ2n) is 10.8. The van der Waals surface area contributed by atoms with Crippen LogP contribution in [0.5, 0.6) is 5.75 Å². The zero-order chi connectivity index (χ0) is 25.4. The fourth-order valence-corrected chi connectivity index (χ4v) is 5.72. The topological polar surface area (TPSA) is 76.7 Å². The van der Waals surface area contributed by atoms with Crippen molar-refractivity contribution in [2.75, 3.05) is 6.61 Å². The van der Waals surface area contributed by atoms with Crippen molar-refractivity contribution in [2.45, 2.75) is 78.0 Å². The van der Waals surface area contributed by atoms with Crippen LogP contribution < -0.4 is 10.1 Å². The number of carbonyl (C=O) groups is 2. The SMILES string of the molecule is CCCOc1ccc(CN2C(=O)c3cc4occc4n3C[C@]2(C)C(=O)N[C@@H]2CCC[C@H](C)[C@H]2C)cc1. The summed E-state index contributed by atoms with van der Waals surface area (Å²) < 4.78 is 13.2. The Kier molecular flexibility index (Phi) is 6.58. The van der Waals surface area contributed by atoms with E-state index in [-0.39, 0.29) is 17.9 Å². The van der Waals surface area contributed by atoms with Gasteiger partial charge in [-0.05, 0) is 49.3 Å². The standard InChI is InChI=1S/C29H37N3O4/c1-5-14-35-22-11-9-21(10-12-22)17-32-27(33)25-16-26-24(13-15-36-26)31(25)18-29(32,4)28(34)30-23-8-6-7-19(2)20(23)3/h9-13,15-16,19-20,23H,5-8,14,17-18H2,1-4H3,(H,30,34)/t19-,20+,23+,29+/m0/s1. The molecule has 1 aromatic carbocycles. The van der Waals surface area contributed by atoms with E-state index in [9.17, 15) is 9.59 Å². The average Bonchev–Trinajstić information content (AvgIpc) is 3.46. The second kappa shape index (κ2) is 9.68. The van der Waals surface area contributed by atoms with Gasteiger partial charge in [0, 0.05) is 24.7 Å². The summed E-state index contributed by atoms with van der Waals surface area (Å²) in [6, 6.07) is 11.6. The van der Waals surface area contributed by atoms with Gasteiger partial charge in [-0.15, -0.1) is 0 Å². The maximum atomic E-state index is 14.0. The smallest absolute Gasteiger partial charge is 0.271 e. The summed E-state index contributed by atoms with van der Waals surface area (Å²) in [6.45, 7) is 9.82. The summed E-state index contributed by atoms with van der Waals surface area (Å²) in [6.07, 6.45) is 5.84. The summed E-state index contributed by atoms with van der Waals surface area (Å²) in [7, 11) is 0. The fourth-order valence-electron chi connectivity index (χ4n) is 5.72. The number of nitrogens with one attached hydrogen (secondary N) is 1. The van der Waals surface area contributed by atoms with Crippen molar-refractivity contribution in [3.8, 4) is 5.75 Å². The highest BCUT2D eigenvalue weighted by molar-refractivity contribution is 6.02. The zero-order valence-electron chi connectivity index (χ0n) is 21.8. The molecule has 0 unspecified atom stereocenters. The number of furan rings is 1. The third-order valence-electron chi connectivity index (χ3n) is 8.30. The first kappa shape index (κ1) is 24.5. The predicted octanol–water partition coefficient (Wildman–Crippen LogP) is 5.38. The van der Waals surface area contributed by atoms with Crippen LogP contribution in [-0.4, -0.2) is 39.5 Å². The van der Waals surface area contributed by atoms with Crippen molar-refractivity contribution >= 4 is 22.9 Å². The Hall–Kier alpha value is -3.22. The number of hydrogen-bond acceptors (Lipinski definition) is 4. The van der Waals surface area contributed by atoms with E-state index < -0.39 is 5.54 Å². The second-order valence-corrected chi connectivity index (χ2v) is 10.8. The van der Waals surface area contributed by atoms with Crippen molar-refractivity contribution in [3.05, 3.63) is 53.9 Å². The Morgan fingerprint density at radius 1 is 1.19 bits per heavy atom. The van der Waals surface area contributed by atoms with Crippen LogP contribution in [0.4, 0.5) is 0 Å². The number of carbonyl (C=O) groups excluding carboxylic acids is 2. The Bertz CT molecular complexity index is 1240.